The van der Waals surface area contributed by atoms with Gasteiger partial charge in [-0.2, -0.15) is 0 Å². The molecule has 0 saturated heterocycles. The van der Waals surface area contributed by atoms with Gasteiger partial charge in [0.1, 0.15) is 10.7 Å². The monoisotopic (exact) mass is 376 g/mol. The third kappa shape index (κ3) is 4.57. The van der Waals surface area contributed by atoms with Crippen LogP contribution in [0.4, 0.5) is 10.6 Å². The number of rotatable bonds is 4. The molecule has 1 aromatic heterocycles. The van der Waals surface area contributed by atoms with E-state index in [1.807, 2.05) is 17.7 Å². The van der Waals surface area contributed by atoms with Crippen LogP contribution < -0.4 is 10.0 Å². The van der Waals surface area contributed by atoms with Gasteiger partial charge in [0.05, 0.1) is 5.56 Å². The van der Waals surface area contributed by atoms with Crippen LogP contribution in [0, 0.1) is 13.8 Å². The standard InChI is InChI=1S/C17H20N4O4S/c1-11-9-12(2)18-15(10-11)19-17(23)20-26(24,25)14-8-6-5-7-13(14)16(22)21(3)4/h5-10H,1-4H3,(H2,18,19,20,23). The first kappa shape index (κ1) is 19.4. The summed E-state index contributed by atoms with van der Waals surface area (Å²) in [5.74, 6) is -0.254. The highest BCUT2D eigenvalue weighted by molar-refractivity contribution is 7.90. The normalized spacial score (nSPS) is 10.9. The zero-order valence-electron chi connectivity index (χ0n) is 14.9. The Hall–Kier alpha value is -2.94. The van der Waals surface area contributed by atoms with E-state index in [1.165, 1.54) is 37.2 Å². The molecule has 0 bridgehead atoms. The molecule has 0 aliphatic heterocycles. The van der Waals surface area contributed by atoms with Crippen molar-refractivity contribution in [3.05, 3.63) is 53.2 Å². The van der Waals surface area contributed by atoms with Crippen LogP contribution in [0.3, 0.4) is 0 Å². The van der Waals surface area contributed by atoms with Gasteiger partial charge in [-0.3, -0.25) is 10.1 Å². The molecule has 0 radical (unpaired) electrons. The van der Waals surface area contributed by atoms with Gasteiger partial charge < -0.3 is 4.90 Å². The van der Waals surface area contributed by atoms with Crippen molar-refractivity contribution in [2.75, 3.05) is 19.4 Å². The molecule has 0 unspecified atom stereocenters. The molecule has 2 rings (SSSR count). The number of aryl methyl sites for hydroxylation is 2. The van der Waals surface area contributed by atoms with Crippen molar-refractivity contribution in [1.29, 1.82) is 0 Å². The van der Waals surface area contributed by atoms with Gasteiger partial charge in [0, 0.05) is 19.8 Å². The summed E-state index contributed by atoms with van der Waals surface area (Å²) in [6.07, 6.45) is 0. The lowest BCUT2D eigenvalue weighted by atomic mass is 10.2. The lowest BCUT2D eigenvalue weighted by Crippen LogP contribution is -2.36. The molecule has 2 aromatic rings. The molecular weight excluding hydrogens is 356 g/mol. The molecule has 9 heteroatoms. The van der Waals surface area contributed by atoms with E-state index >= 15 is 0 Å². The second-order valence-corrected chi connectivity index (χ2v) is 7.58. The number of nitrogens with zero attached hydrogens (tertiary/aromatic N) is 2. The van der Waals surface area contributed by atoms with Crippen LogP contribution in [0.2, 0.25) is 0 Å². The SMILES string of the molecule is Cc1cc(C)nc(NC(=O)NS(=O)(=O)c2ccccc2C(=O)N(C)C)c1. The maximum absolute atomic E-state index is 12.6. The Morgan fingerprint density at radius 2 is 1.73 bits per heavy atom. The van der Waals surface area contributed by atoms with Crippen LogP contribution in [0.25, 0.3) is 0 Å². The molecule has 0 saturated carbocycles. The number of sulfonamides is 1. The number of hydrogen-bond acceptors (Lipinski definition) is 5. The second kappa shape index (κ2) is 7.52. The number of carbonyl (C=O) groups excluding carboxylic acids is 2. The van der Waals surface area contributed by atoms with Gasteiger partial charge in [0.25, 0.3) is 15.9 Å². The van der Waals surface area contributed by atoms with Gasteiger partial charge in [0.2, 0.25) is 0 Å². The lowest BCUT2D eigenvalue weighted by molar-refractivity contribution is 0.0824. The van der Waals surface area contributed by atoms with Crippen molar-refractivity contribution >= 4 is 27.8 Å². The molecule has 1 aromatic carbocycles. The summed E-state index contributed by atoms with van der Waals surface area (Å²) < 4.78 is 27.0. The van der Waals surface area contributed by atoms with E-state index in [1.54, 1.807) is 19.1 Å². The molecule has 26 heavy (non-hydrogen) atoms. The van der Waals surface area contributed by atoms with Gasteiger partial charge in [-0.25, -0.2) is 22.9 Å². The van der Waals surface area contributed by atoms with Gasteiger partial charge in [-0.15, -0.1) is 0 Å². The van der Waals surface area contributed by atoms with Crippen molar-refractivity contribution in [2.24, 2.45) is 0 Å². The average Bonchev–Trinajstić information content (AvgIpc) is 2.52. The minimum atomic E-state index is -4.25. The van der Waals surface area contributed by atoms with Crippen molar-refractivity contribution in [1.82, 2.24) is 14.6 Å². The number of hydrogen-bond donors (Lipinski definition) is 2. The molecule has 0 spiro atoms. The number of carbonyl (C=O) groups is 2. The Kier molecular flexibility index (Phi) is 5.61. The maximum atomic E-state index is 12.6. The Morgan fingerprint density at radius 1 is 1.08 bits per heavy atom. The number of aromatic nitrogens is 1. The summed E-state index contributed by atoms with van der Waals surface area (Å²) >= 11 is 0. The molecule has 138 valence electrons. The smallest absolute Gasteiger partial charge is 0.334 e. The van der Waals surface area contributed by atoms with Gasteiger partial charge in [-0.05, 0) is 43.7 Å². The third-order valence-corrected chi connectivity index (χ3v) is 4.77. The number of pyridine rings is 1. The van der Waals surface area contributed by atoms with Crippen molar-refractivity contribution in [3.63, 3.8) is 0 Å². The van der Waals surface area contributed by atoms with E-state index in [0.29, 0.717) is 5.69 Å². The highest BCUT2D eigenvalue weighted by Gasteiger charge is 2.25. The van der Waals surface area contributed by atoms with E-state index in [-0.39, 0.29) is 16.3 Å². The minimum Gasteiger partial charge on any atom is -0.345 e. The summed E-state index contributed by atoms with van der Waals surface area (Å²) in [6.45, 7) is 3.59. The van der Waals surface area contributed by atoms with Crippen LogP contribution in [-0.2, 0) is 10.0 Å². The summed E-state index contributed by atoms with van der Waals surface area (Å²) in [5, 5.41) is 2.39. The number of anilines is 1. The van der Waals surface area contributed by atoms with Crippen molar-refractivity contribution in [3.8, 4) is 0 Å². The van der Waals surface area contributed by atoms with Gasteiger partial charge >= 0.3 is 6.03 Å². The number of amides is 3. The second-order valence-electron chi connectivity index (χ2n) is 5.93. The molecule has 3 amide bonds. The predicted octanol–water partition coefficient (Wildman–Crippen LogP) is 1.91. The summed E-state index contributed by atoms with van der Waals surface area (Å²) in [6, 6.07) is 8.15. The molecular formula is C17H20N4O4S. The Morgan fingerprint density at radius 3 is 2.35 bits per heavy atom. The number of benzene rings is 1. The summed E-state index contributed by atoms with van der Waals surface area (Å²) in [5.41, 5.74) is 1.53. The first-order chi connectivity index (χ1) is 12.1. The first-order valence-corrected chi connectivity index (χ1v) is 9.18. The zero-order chi connectivity index (χ0) is 19.5. The van der Waals surface area contributed by atoms with Gasteiger partial charge in [-0.1, -0.05) is 12.1 Å². The first-order valence-electron chi connectivity index (χ1n) is 7.70. The largest absolute Gasteiger partial charge is 0.345 e. The zero-order valence-corrected chi connectivity index (χ0v) is 15.7. The Balaban J connectivity index is 2.26. The third-order valence-electron chi connectivity index (χ3n) is 3.38. The van der Waals surface area contributed by atoms with Crippen LogP contribution >= 0.6 is 0 Å². The quantitative estimate of drug-likeness (QED) is 0.847. The van der Waals surface area contributed by atoms with E-state index < -0.39 is 22.0 Å². The molecule has 0 atom stereocenters. The molecule has 0 aliphatic rings. The molecule has 2 N–H and O–H groups in total. The Bertz CT molecular complexity index is 935. The molecule has 8 nitrogen and oxygen atoms in total. The van der Waals surface area contributed by atoms with Crippen LogP contribution in [0.1, 0.15) is 21.6 Å². The van der Waals surface area contributed by atoms with Crippen LogP contribution in [-0.4, -0.2) is 44.3 Å². The van der Waals surface area contributed by atoms with E-state index in [9.17, 15) is 18.0 Å². The van der Waals surface area contributed by atoms with Crippen molar-refractivity contribution in [2.45, 2.75) is 18.7 Å². The fraction of sp³-hybridized carbons (Fsp3) is 0.235. The topological polar surface area (TPSA) is 108 Å². The predicted molar refractivity (Wildman–Crippen MR) is 97.5 cm³/mol. The van der Waals surface area contributed by atoms with E-state index in [2.05, 4.69) is 10.3 Å². The average molecular weight is 376 g/mol. The molecule has 0 aliphatic carbocycles. The highest BCUT2D eigenvalue weighted by Crippen LogP contribution is 2.17. The lowest BCUT2D eigenvalue weighted by Gasteiger charge is -2.15. The van der Waals surface area contributed by atoms with E-state index in [0.717, 1.165) is 5.56 Å². The van der Waals surface area contributed by atoms with Gasteiger partial charge in [0.15, 0.2) is 0 Å². The summed E-state index contributed by atoms with van der Waals surface area (Å²) in [7, 11) is -1.22. The van der Waals surface area contributed by atoms with Crippen LogP contribution in [0.15, 0.2) is 41.3 Å². The molecule has 0 fully saturated rings. The number of urea groups is 1. The fourth-order valence-electron chi connectivity index (χ4n) is 2.34. The fourth-order valence-corrected chi connectivity index (χ4v) is 3.45. The molecule has 1 heterocycles. The maximum Gasteiger partial charge on any atom is 0.334 e. The highest BCUT2D eigenvalue weighted by atomic mass is 32.2. The van der Waals surface area contributed by atoms with Crippen molar-refractivity contribution < 1.29 is 18.0 Å². The summed E-state index contributed by atoms with van der Waals surface area (Å²) in [4.78, 5) is 29.4. The number of nitrogens with one attached hydrogen (secondary N) is 2. The van der Waals surface area contributed by atoms with Crippen LogP contribution in [0.5, 0.6) is 0 Å². The minimum absolute atomic E-state index is 0.0256. The Labute approximate surface area is 152 Å². The van der Waals surface area contributed by atoms with E-state index in [4.69, 9.17) is 0 Å².